The van der Waals surface area contributed by atoms with Gasteiger partial charge in [0.1, 0.15) is 11.6 Å². The quantitative estimate of drug-likeness (QED) is 0.830. The van der Waals surface area contributed by atoms with Crippen molar-refractivity contribution in [1.29, 1.82) is 0 Å². The second-order valence-electron chi connectivity index (χ2n) is 6.14. The van der Waals surface area contributed by atoms with Crippen LogP contribution in [0.15, 0.2) is 0 Å². The van der Waals surface area contributed by atoms with E-state index in [1.165, 1.54) is 0 Å². The fraction of sp³-hybridized carbons (Fsp3) is 0.846. The Morgan fingerprint density at radius 1 is 1.28 bits per heavy atom. The van der Waals surface area contributed by atoms with Crippen molar-refractivity contribution >= 4 is 12.0 Å². The molecule has 0 aromatic heterocycles. The average Bonchev–Trinajstić information content (AvgIpc) is 2.90. The van der Waals surface area contributed by atoms with Gasteiger partial charge in [-0.05, 0) is 46.0 Å². The molecule has 1 unspecified atom stereocenters. The maximum absolute atomic E-state index is 12.2. The molecule has 1 N–H and O–H groups in total. The Labute approximate surface area is 108 Å². The normalized spacial score (nSPS) is 20.9. The minimum Gasteiger partial charge on any atom is -0.444 e. The third-order valence-electron chi connectivity index (χ3n) is 3.20. The lowest BCUT2D eigenvalue weighted by Crippen LogP contribution is -2.54. The second-order valence-corrected chi connectivity index (χ2v) is 6.14. The second kappa shape index (κ2) is 4.78. The number of alkyl carbamates (subject to hydrolysis) is 1. The van der Waals surface area contributed by atoms with Gasteiger partial charge < -0.3 is 15.0 Å². The van der Waals surface area contributed by atoms with Gasteiger partial charge in [-0.15, -0.1) is 0 Å². The first-order valence-electron chi connectivity index (χ1n) is 6.65. The molecule has 0 aromatic carbocycles. The van der Waals surface area contributed by atoms with E-state index in [2.05, 4.69) is 5.32 Å². The summed E-state index contributed by atoms with van der Waals surface area (Å²) in [7, 11) is 0. The first-order valence-corrected chi connectivity index (χ1v) is 6.65. The molecule has 0 bridgehead atoms. The highest BCUT2D eigenvalue weighted by molar-refractivity contribution is 5.86. The van der Waals surface area contributed by atoms with Crippen molar-refractivity contribution in [2.45, 2.75) is 51.7 Å². The molecule has 0 spiro atoms. The Hall–Kier alpha value is -1.26. The number of likely N-dealkylation sites (tertiary alicyclic amines) is 1. The van der Waals surface area contributed by atoms with Gasteiger partial charge in [0, 0.05) is 13.1 Å². The SMILES string of the molecule is CC(C)(C)OC(=O)NC(C(=O)N1CCC1)C1CC1. The van der Waals surface area contributed by atoms with Gasteiger partial charge in [-0.2, -0.15) is 0 Å². The molecule has 2 fully saturated rings. The number of amides is 2. The predicted molar refractivity (Wildman–Crippen MR) is 67.1 cm³/mol. The van der Waals surface area contributed by atoms with Crippen molar-refractivity contribution in [3.63, 3.8) is 0 Å². The fourth-order valence-corrected chi connectivity index (χ4v) is 1.98. The Balaban J connectivity index is 1.90. The number of nitrogens with one attached hydrogen (secondary N) is 1. The van der Waals surface area contributed by atoms with Gasteiger partial charge in [0.2, 0.25) is 5.91 Å². The summed E-state index contributed by atoms with van der Waals surface area (Å²) in [5.41, 5.74) is -0.530. The van der Waals surface area contributed by atoms with E-state index in [-0.39, 0.29) is 11.9 Å². The number of nitrogens with zero attached hydrogens (tertiary/aromatic N) is 1. The molecular weight excluding hydrogens is 232 g/mol. The van der Waals surface area contributed by atoms with Crippen LogP contribution in [-0.2, 0) is 9.53 Å². The zero-order chi connectivity index (χ0) is 13.3. The maximum atomic E-state index is 12.2. The monoisotopic (exact) mass is 254 g/mol. The van der Waals surface area contributed by atoms with E-state index in [1.54, 1.807) is 4.90 Å². The van der Waals surface area contributed by atoms with Crippen LogP contribution in [-0.4, -0.2) is 41.6 Å². The summed E-state index contributed by atoms with van der Waals surface area (Å²) in [4.78, 5) is 25.7. The molecule has 1 heterocycles. The van der Waals surface area contributed by atoms with E-state index >= 15 is 0 Å². The van der Waals surface area contributed by atoms with Crippen molar-refractivity contribution in [1.82, 2.24) is 10.2 Å². The Kier molecular flexibility index (Phi) is 3.50. The summed E-state index contributed by atoms with van der Waals surface area (Å²) < 4.78 is 5.21. The summed E-state index contributed by atoms with van der Waals surface area (Å²) in [6.07, 6.45) is 2.60. The van der Waals surface area contributed by atoms with E-state index < -0.39 is 11.7 Å². The lowest BCUT2D eigenvalue weighted by Gasteiger charge is -2.34. The lowest BCUT2D eigenvalue weighted by molar-refractivity contribution is -0.137. The first-order chi connectivity index (χ1) is 8.37. The molecule has 2 amide bonds. The summed E-state index contributed by atoms with van der Waals surface area (Å²) in [5, 5.41) is 2.73. The van der Waals surface area contributed by atoms with Crippen LogP contribution in [0, 0.1) is 5.92 Å². The Morgan fingerprint density at radius 2 is 1.89 bits per heavy atom. The fourth-order valence-electron chi connectivity index (χ4n) is 1.98. The molecule has 5 nitrogen and oxygen atoms in total. The first kappa shape index (κ1) is 13.2. The number of ether oxygens (including phenoxy) is 1. The van der Waals surface area contributed by atoms with E-state index in [0.29, 0.717) is 5.92 Å². The highest BCUT2D eigenvalue weighted by atomic mass is 16.6. The van der Waals surface area contributed by atoms with Crippen LogP contribution in [0.4, 0.5) is 4.79 Å². The zero-order valence-electron chi connectivity index (χ0n) is 11.4. The molecule has 0 radical (unpaired) electrons. The molecule has 5 heteroatoms. The molecule has 102 valence electrons. The summed E-state index contributed by atoms with van der Waals surface area (Å²) >= 11 is 0. The van der Waals surface area contributed by atoms with Crippen molar-refractivity contribution in [2.75, 3.05) is 13.1 Å². The third kappa shape index (κ3) is 3.37. The van der Waals surface area contributed by atoms with Crippen LogP contribution in [0.5, 0.6) is 0 Å². The number of rotatable bonds is 3. The standard InChI is InChI=1S/C13H22N2O3/c1-13(2,3)18-12(17)14-10(9-5-6-9)11(16)15-7-4-8-15/h9-10H,4-8H2,1-3H3,(H,14,17). The molecule has 0 aromatic rings. The summed E-state index contributed by atoms with van der Waals surface area (Å²) in [6.45, 7) is 7.08. The highest BCUT2D eigenvalue weighted by Gasteiger charge is 2.41. The van der Waals surface area contributed by atoms with Crippen LogP contribution >= 0.6 is 0 Å². The molecule has 1 aliphatic carbocycles. The van der Waals surface area contributed by atoms with Crippen LogP contribution in [0.25, 0.3) is 0 Å². The van der Waals surface area contributed by atoms with Gasteiger partial charge in [-0.1, -0.05) is 0 Å². The largest absolute Gasteiger partial charge is 0.444 e. The van der Waals surface area contributed by atoms with E-state index in [9.17, 15) is 9.59 Å². The summed E-state index contributed by atoms with van der Waals surface area (Å²) in [5.74, 6) is 0.347. The molecule has 1 atom stereocenters. The van der Waals surface area contributed by atoms with Crippen LogP contribution in [0.2, 0.25) is 0 Å². The predicted octanol–water partition coefficient (Wildman–Crippen LogP) is 1.52. The molecule has 1 saturated carbocycles. The molecule has 2 rings (SSSR count). The van der Waals surface area contributed by atoms with Gasteiger partial charge in [0.25, 0.3) is 0 Å². The third-order valence-corrected chi connectivity index (χ3v) is 3.20. The number of carbonyl (C=O) groups is 2. The number of carbonyl (C=O) groups excluding carboxylic acids is 2. The lowest BCUT2D eigenvalue weighted by atomic mass is 10.1. The van der Waals surface area contributed by atoms with Crippen molar-refractivity contribution in [2.24, 2.45) is 5.92 Å². The smallest absolute Gasteiger partial charge is 0.408 e. The highest BCUT2D eigenvalue weighted by Crippen LogP contribution is 2.34. The zero-order valence-corrected chi connectivity index (χ0v) is 11.4. The Bertz CT molecular complexity index is 341. The van der Waals surface area contributed by atoms with Crippen LogP contribution < -0.4 is 5.32 Å². The summed E-state index contributed by atoms with van der Waals surface area (Å²) in [6, 6.07) is -0.389. The molecule has 1 saturated heterocycles. The Morgan fingerprint density at radius 3 is 2.28 bits per heavy atom. The minimum absolute atomic E-state index is 0.0506. The van der Waals surface area contributed by atoms with E-state index in [4.69, 9.17) is 4.74 Å². The van der Waals surface area contributed by atoms with Crippen molar-refractivity contribution < 1.29 is 14.3 Å². The molecule has 2 aliphatic rings. The van der Waals surface area contributed by atoms with Crippen LogP contribution in [0.3, 0.4) is 0 Å². The number of hydrogen-bond acceptors (Lipinski definition) is 3. The van der Waals surface area contributed by atoms with E-state index in [0.717, 1.165) is 32.4 Å². The topological polar surface area (TPSA) is 58.6 Å². The van der Waals surface area contributed by atoms with E-state index in [1.807, 2.05) is 20.8 Å². The maximum Gasteiger partial charge on any atom is 0.408 e. The van der Waals surface area contributed by atoms with Gasteiger partial charge in [0.15, 0.2) is 0 Å². The van der Waals surface area contributed by atoms with Crippen LogP contribution in [0.1, 0.15) is 40.0 Å². The molecular formula is C13H22N2O3. The van der Waals surface area contributed by atoms with Gasteiger partial charge >= 0.3 is 6.09 Å². The minimum atomic E-state index is -0.530. The van der Waals surface area contributed by atoms with Crippen molar-refractivity contribution in [3.8, 4) is 0 Å². The molecule has 18 heavy (non-hydrogen) atoms. The van der Waals surface area contributed by atoms with Gasteiger partial charge in [-0.3, -0.25) is 4.79 Å². The average molecular weight is 254 g/mol. The van der Waals surface area contributed by atoms with Crippen molar-refractivity contribution in [3.05, 3.63) is 0 Å². The number of hydrogen-bond donors (Lipinski definition) is 1. The van der Waals surface area contributed by atoms with Gasteiger partial charge in [-0.25, -0.2) is 4.79 Å². The molecule has 1 aliphatic heterocycles. The van der Waals surface area contributed by atoms with Gasteiger partial charge in [0.05, 0.1) is 0 Å².